The smallest absolute Gasteiger partial charge is 0.258 e. The normalized spacial score (nSPS) is 21.0. The lowest BCUT2D eigenvalue weighted by molar-refractivity contribution is -0.123. The number of rotatable bonds is 3. The van der Waals surface area contributed by atoms with Gasteiger partial charge in [-0.25, -0.2) is 0 Å². The van der Waals surface area contributed by atoms with Gasteiger partial charge < -0.3 is 19.8 Å². The molecule has 1 aromatic heterocycles. The summed E-state index contributed by atoms with van der Waals surface area (Å²) >= 11 is 0. The summed E-state index contributed by atoms with van der Waals surface area (Å²) < 4.78 is 11.0. The van der Waals surface area contributed by atoms with Crippen LogP contribution in [0.25, 0.3) is 11.0 Å². The number of piperidine rings is 1. The molecule has 0 spiro atoms. The van der Waals surface area contributed by atoms with Crippen LogP contribution in [0.4, 0.5) is 0 Å². The predicted molar refractivity (Wildman–Crippen MR) is 89.9 cm³/mol. The topological polar surface area (TPSA) is 85.8 Å². The number of ether oxygens (including phenoxy) is 1. The molecular formula is C18H22N2O4. The van der Waals surface area contributed by atoms with E-state index in [4.69, 9.17) is 14.9 Å². The minimum Gasteiger partial charge on any atom is -0.497 e. The number of hydrogen-bond donors (Lipinski definition) is 1. The molecule has 6 nitrogen and oxygen atoms in total. The molecule has 2 atom stereocenters. The fourth-order valence-corrected chi connectivity index (χ4v) is 3.36. The first-order valence-electron chi connectivity index (χ1n) is 8.09. The number of aryl methyl sites for hydroxylation is 1. The zero-order valence-electron chi connectivity index (χ0n) is 14.2. The van der Waals surface area contributed by atoms with Gasteiger partial charge in [-0.1, -0.05) is 0 Å². The highest BCUT2D eigenvalue weighted by atomic mass is 16.5. The van der Waals surface area contributed by atoms with Gasteiger partial charge in [-0.3, -0.25) is 9.59 Å². The summed E-state index contributed by atoms with van der Waals surface area (Å²) in [6, 6.07) is 5.46. The van der Waals surface area contributed by atoms with E-state index >= 15 is 0 Å². The second-order valence-electron chi connectivity index (χ2n) is 6.38. The van der Waals surface area contributed by atoms with Crippen molar-refractivity contribution >= 4 is 22.8 Å². The highest BCUT2D eigenvalue weighted by Gasteiger charge is 2.34. The third kappa shape index (κ3) is 2.72. The molecule has 3 rings (SSSR count). The molecule has 0 bridgehead atoms. The molecule has 0 saturated carbocycles. The maximum atomic E-state index is 13.1. The monoisotopic (exact) mass is 330 g/mol. The maximum absolute atomic E-state index is 13.1. The zero-order chi connectivity index (χ0) is 17.4. The molecule has 0 radical (unpaired) electrons. The van der Waals surface area contributed by atoms with E-state index in [2.05, 4.69) is 0 Å². The van der Waals surface area contributed by atoms with Crippen molar-refractivity contribution in [1.82, 2.24) is 4.90 Å². The number of nitrogens with zero attached hydrogens (tertiary/aromatic N) is 1. The van der Waals surface area contributed by atoms with E-state index in [-0.39, 0.29) is 23.8 Å². The molecule has 1 aliphatic heterocycles. The summed E-state index contributed by atoms with van der Waals surface area (Å²) in [5.41, 5.74) is 6.61. The molecular weight excluding hydrogens is 308 g/mol. The number of amides is 2. The van der Waals surface area contributed by atoms with Gasteiger partial charge in [-0.2, -0.15) is 0 Å². The molecule has 1 aliphatic rings. The fraction of sp³-hybridized carbons (Fsp3) is 0.444. The number of benzene rings is 1. The van der Waals surface area contributed by atoms with Gasteiger partial charge in [0.25, 0.3) is 5.91 Å². The standard InChI is InChI=1S/C18H22N2O4/c1-10-4-5-12(17(19)21)9-20(10)18(22)16-11(2)24-15-7-6-13(23-3)8-14(15)16/h6-8,10,12H,4-5,9H2,1-3H3,(H2,19,21)/t10-,12+/m1/s1. The van der Waals surface area contributed by atoms with E-state index in [0.29, 0.717) is 29.2 Å². The average Bonchev–Trinajstić information content (AvgIpc) is 2.89. The number of hydrogen-bond acceptors (Lipinski definition) is 4. The molecule has 2 heterocycles. The van der Waals surface area contributed by atoms with Gasteiger partial charge in [-0.15, -0.1) is 0 Å². The summed E-state index contributed by atoms with van der Waals surface area (Å²) in [5, 5.41) is 0.727. The Morgan fingerprint density at radius 1 is 1.33 bits per heavy atom. The Bertz CT molecular complexity index is 796. The van der Waals surface area contributed by atoms with Crippen molar-refractivity contribution in [2.45, 2.75) is 32.7 Å². The second-order valence-corrected chi connectivity index (χ2v) is 6.38. The van der Waals surface area contributed by atoms with Crippen LogP contribution in [-0.2, 0) is 4.79 Å². The third-order valence-electron chi connectivity index (χ3n) is 4.83. The lowest BCUT2D eigenvalue weighted by Gasteiger charge is -2.36. The fourth-order valence-electron chi connectivity index (χ4n) is 3.36. The van der Waals surface area contributed by atoms with Gasteiger partial charge in [0.15, 0.2) is 0 Å². The van der Waals surface area contributed by atoms with Crippen molar-refractivity contribution in [2.24, 2.45) is 11.7 Å². The number of carbonyl (C=O) groups is 2. The minimum absolute atomic E-state index is 0.0584. The number of fused-ring (bicyclic) bond motifs is 1. The Morgan fingerprint density at radius 2 is 2.08 bits per heavy atom. The van der Waals surface area contributed by atoms with Crippen LogP contribution in [0.3, 0.4) is 0 Å². The number of nitrogens with two attached hydrogens (primary N) is 1. The van der Waals surface area contributed by atoms with Crippen LogP contribution < -0.4 is 10.5 Å². The number of carbonyl (C=O) groups excluding carboxylic acids is 2. The van der Waals surface area contributed by atoms with Crippen LogP contribution in [0, 0.1) is 12.8 Å². The summed E-state index contributed by atoms with van der Waals surface area (Å²) in [4.78, 5) is 26.4. The molecule has 1 aromatic carbocycles. The average molecular weight is 330 g/mol. The maximum Gasteiger partial charge on any atom is 0.258 e. The van der Waals surface area contributed by atoms with Crippen LogP contribution in [-0.4, -0.2) is 36.4 Å². The van der Waals surface area contributed by atoms with Crippen molar-refractivity contribution in [2.75, 3.05) is 13.7 Å². The van der Waals surface area contributed by atoms with Crippen LogP contribution in [0.2, 0.25) is 0 Å². The summed E-state index contributed by atoms with van der Waals surface area (Å²) in [5.74, 6) is 0.460. The van der Waals surface area contributed by atoms with Crippen molar-refractivity contribution in [3.8, 4) is 5.75 Å². The molecule has 128 valence electrons. The Morgan fingerprint density at radius 3 is 2.75 bits per heavy atom. The second kappa shape index (κ2) is 6.19. The number of likely N-dealkylation sites (tertiary alicyclic amines) is 1. The van der Waals surface area contributed by atoms with Crippen molar-refractivity contribution < 1.29 is 18.7 Å². The molecule has 2 N–H and O–H groups in total. The Kier molecular flexibility index (Phi) is 4.22. The molecule has 2 aromatic rings. The van der Waals surface area contributed by atoms with E-state index in [9.17, 15) is 9.59 Å². The van der Waals surface area contributed by atoms with Crippen molar-refractivity contribution in [3.63, 3.8) is 0 Å². The van der Waals surface area contributed by atoms with Crippen LogP contribution >= 0.6 is 0 Å². The highest BCUT2D eigenvalue weighted by molar-refractivity contribution is 6.07. The zero-order valence-corrected chi connectivity index (χ0v) is 14.2. The first kappa shape index (κ1) is 16.4. The molecule has 2 amide bonds. The first-order chi connectivity index (χ1) is 11.4. The van der Waals surface area contributed by atoms with Gasteiger partial charge in [0, 0.05) is 18.0 Å². The van der Waals surface area contributed by atoms with Gasteiger partial charge in [0.05, 0.1) is 18.6 Å². The summed E-state index contributed by atoms with van der Waals surface area (Å²) in [6.45, 7) is 4.12. The quantitative estimate of drug-likeness (QED) is 0.937. The molecule has 24 heavy (non-hydrogen) atoms. The van der Waals surface area contributed by atoms with E-state index in [1.165, 1.54) is 0 Å². The van der Waals surface area contributed by atoms with Crippen LogP contribution in [0.5, 0.6) is 5.75 Å². The van der Waals surface area contributed by atoms with Gasteiger partial charge in [-0.05, 0) is 44.9 Å². The predicted octanol–water partition coefficient (Wildman–Crippen LogP) is 2.48. The highest BCUT2D eigenvalue weighted by Crippen LogP contribution is 2.32. The van der Waals surface area contributed by atoms with E-state index < -0.39 is 0 Å². The molecule has 0 unspecified atom stereocenters. The Labute approximate surface area is 140 Å². The van der Waals surface area contributed by atoms with Crippen LogP contribution in [0.1, 0.15) is 35.9 Å². The van der Waals surface area contributed by atoms with Gasteiger partial charge in [0.2, 0.25) is 5.91 Å². The van der Waals surface area contributed by atoms with E-state index in [0.717, 1.165) is 18.2 Å². The molecule has 6 heteroatoms. The summed E-state index contributed by atoms with van der Waals surface area (Å²) in [6.07, 6.45) is 1.48. The number of primary amides is 1. The van der Waals surface area contributed by atoms with Crippen molar-refractivity contribution in [3.05, 3.63) is 29.5 Å². The first-order valence-corrected chi connectivity index (χ1v) is 8.09. The minimum atomic E-state index is -0.352. The molecule has 0 aliphatic carbocycles. The Hall–Kier alpha value is -2.50. The number of furan rings is 1. The third-order valence-corrected chi connectivity index (χ3v) is 4.83. The largest absolute Gasteiger partial charge is 0.497 e. The van der Waals surface area contributed by atoms with Gasteiger partial charge in [0.1, 0.15) is 17.1 Å². The van der Waals surface area contributed by atoms with Gasteiger partial charge >= 0.3 is 0 Å². The van der Waals surface area contributed by atoms with Crippen LogP contribution in [0.15, 0.2) is 22.6 Å². The lowest BCUT2D eigenvalue weighted by Crippen LogP contribution is -2.48. The molecule has 1 saturated heterocycles. The number of methoxy groups -OCH3 is 1. The summed E-state index contributed by atoms with van der Waals surface area (Å²) in [7, 11) is 1.58. The van der Waals surface area contributed by atoms with E-state index in [1.54, 1.807) is 37.1 Å². The van der Waals surface area contributed by atoms with E-state index in [1.807, 2.05) is 6.92 Å². The molecule has 1 fully saturated rings. The Balaban J connectivity index is 2.01. The lowest BCUT2D eigenvalue weighted by atomic mass is 9.92. The SMILES string of the molecule is COc1ccc2oc(C)c(C(=O)N3C[C@@H](C(N)=O)CC[C@H]3C)c2c1. The van der Waals surface area contributed by atoms with Crippen molar-refractivity contribution in [1.29, 1.82) is 0 Å².